The second kappa shape index (κ2) is 13.3. The van der Waals surface area contributed by atoms with Crippen molar-refractivity contribution in [1.29, 1.82) is 0 Å². The summed E-state index contributed by atoms with van der Waals surface area (Å²) < 4.78 is 11.8. The summed E-state index contributed by atoms with van der Waals surface area (Å²) in [5.74, 6) is 1.46. The van der Waals surface area contributed by atoms with E-state index < -0.39 is 0 Å². The van der Waals surface area contributed by atoms with E-state index in [-0.39, 0.29) is 11.8 Å². The summed E-state index contributed by atoms with van der Waals surface area (Å²) >= 11 is 0. The molecule has 0 aliphatic rings. The predicted molar refractivity (Wildman–Crippen MR) is 145 cm³/mol. The van der Waals surface area contributed by atoms with Crippen LogP contribution < -0.4 is 20.1 Å². The molecule has 0 saturated heterocycles. The molecular weight excluding hydrogens is 452 g/mol. The van der Waals surface area contributed by atoms with Crippen molar-refractivity contribution in [2.75, 3.05) is 23.8 Å². The maximum Gasteiger partial charge on any atom is 0.259 e. The first-order chi connectivity index (χ1) is 17.3. The van der Waals surface area contributed by atoms with Crippen LogP contribution >= 0.6 is 0 Å². The second-order valence-electron chi connectivity index (χ2n) is 9.51. The quantitative estimate of drug-likeness (QED) is 0.287. The minimum absolute atomic E-state index is 0.311. The number of rotatable bonds is 12. The average Bonchev–Trinajstić information content (AvgIpc) is 2.85. The Hall–Kier alpha value is -3.80. The lowest BCUT2D eigenvalue weighted by atomic mass is 10.1. The molecule has 6 heteroatoms. The SMILES string of the molecule is CC(C)CCOc1ccccc1C(=O)Nc1ccccc1NC(=O)c1ccccc1OCCC(C)C. The van der Waals surface area contributed by atoms with E-state index in [2.05, 4.69) is 38.3 Å². The third kappa shape index (κ3) is 7.87. The summed E-state index contributed by atoms with van der Waals surface area (Å²) in [6.07, 6.45) is 1.79. The topological polar surface area (TPSA) is 76.7 Å². The summed E-state index contributed by atoms with van der Waals surface area (Å²) in [6.45, 7) is 9.58. The Morgan fingerprint density at radius 1 is 0.611 bits per heavy atom. The Labute approximate surface area is 214 Å². The lowest BCUT2D eigenvalue weighted by molar-refractivity contribution is 0.101. The lowest BCUT2D eigenvalue weighted by Crippen LogP contribution is -2.18. The number of carbonyl (C=O) groups excluding carboxylic acids is 2. The Balaban J connectivity index is 1.73. The summed E-state index contributed by atoms with van der Waals surface area (Å²) in [4.78, 5) is 26.3. The molecule has 2 amide bonds. The van der Waals surface area contributed by atoms with Crippen molar-refractivity contribution in [3.63, 3.8) is 0 Å². The molecule has 0 aliphatic carbocycles. The highest BCUT2D eigenvalue weighted by molar-refractivity contribution is 6.11. The van der Waals surface area contributed by atoms with Gasteiger partial charge in [0.2, 0.25) is 0 Å². The van der Waals surface area contributed by atoms with Gasteiger partial charge < -0.3 is 20.1 Å². The number of anilines is 2. The van der Waals surface area contributed by atoms with Crippen LogP contribution in [0.4, 0.5) is 11.4 Å². The van der Waals surface area contributed by atoms with Gasteiger partial charge in [0.25, 0.3) is 11.8 Å². The third-order valence-corrected chi connectivity index (χ3v) is 5.59. The van der Waals surface area contributed by atoms with E-state index in [1.54, 1.807) is 60.7 Å². The fraction of sp³-hybridized carbons (Fsp3) is 0.333. The van der Waals surface area contributed by atoms with Gasteiger partial charge in [0.05, 0.1) is 35.7 Å². The molecule has 6 nitrogen and oxygen atoms in total. The van der Waals surface area contributed by atoms with Gasteiger partial charge in [-0.1, -0.05) is 64.1 Å². The van der Waals surface area contributed by atoms with Crippen LogP contribution in [0.15, 0.2) is 72.8 Å². The zero-order chi connectivity index (χ0) is 25.9. The number of ether oxygens (including phenoxy) is 2. The van der Waals surface area contributed by atoms with Gasteiger partial charge in [0, 0.05) is 0 Å². The first-order valence-corrected chi connectivity index (χ1v) is 12.5. The number of para-hydroxylation sites is 4. The monoisotopic (exact) mass is 488 g/mol. The molecule has 0 heterocycles. The highest BCUT2D eigenvalue weighted by atomic mass is 16.5. The molecule has 3 aromatic rings. The first kappa shape index (κ1) is 26.8. The molecule has 0 saturated carbocycles. The zero-order valence-electron chi connectivity index (χ0n) is 21.5. The van der Waals surface area contributed by atoms with E-state index in [1.165, 1.54) is 0 Å². The van der Waals surface area contributed by atoms with Crippen LogP contribution in [0.1, 0.15) is 61.3 Å². The van der Waals surface area contributed by atoms with Crippen molar-refractivity contribution in [2.24, 2.45) is 11.8 Å². The smallest absolute Gasteiger partial charge is 0.259 e. The number of carbonyl (C=O) groups is 2. The summed E-state index contributed by atoms with van der Waals surface area (Å²) in [6, 6.07) is 21.4. The highest BCUT2D eigenvalue weighted by Gasteiger charge is 2.17. The molecule has 190 valence electrons. The minimum atomic E-state index is -0.311. The molecule has 0 aliphatic heterocycles. The molecule has 0 bridgehead atoms. The Morgan fingerprint density at radius 3 is 1.36 bits per heavy atom. The molecule has 3 rings (SSSR count). The normalized spacial score (nSPS) is 10.8. The molecule has 0 aromatic heterocycles. The van der Waals surface area contributed by atoms with Crippen LogP contribution in [0.3, 0.4) is 0 Å². The zero-order valence-corrected chi connectivity index (χ0v) is 21.5. The maximum atomic E-state index is 13.1. The van der Waals surface area contributed by atoms with Gasteiger partial charge >= 0.3 is 0 Å². The Bertz CT molecular complexity index is 1070. The van der Waals surface area contributed by atoms with Crippen molar-refractivity contribution in [3.05, 3.63) is 83.9 Å². The van der Waals surface area contributed by atoms with E-state index >= 15 is 0 Å². The van der Waals surface area contributed by atoms with Crippen molar-refractivity contribution in [1.82, 2.24) is 0 Å². The Kier molecular flexibility index (Phi) is 9.92. The molecule has 0 unspecified atom stereocenters. The summed E-state index contributed by atoms with van der Waals surface area (Å²) in [5, 5.41) is 5.84. The van der Waals surface area contributed by atoms with Gasteiger partial charge in [0.15, 0.2) is 0 Å². The summed E-state index contributed by atoms with van der Waals surface area (Å²) in [5.41, 5.74) is 1.86. The van der Waals surface area contributed by atoms with E-state index in [9.17, 15) is 9.59 Å². The van der Waals surface area contributed by atoms with Crippen LogP contribution in [0.25, 0.3) is 0 Å². The third-order valence-electron chi connectivity index (χ3n) is 5.59. The van der Waals surface area contributed by atoms with Crippen molar-refractivity contribution in [3.8, 4) is 11.5 Å². The molecule has 0 fully saturated rings. The van der Waals surface area contributed by atoms with Gasteiger partial charge in [-0.15, -0.1) is 0 Å². The van der Waals surface area contributed by atoms with E-state index in [0.717, 1.165) is 12.8 Å². The standard InChI is InChI=1S/C30H36N2O4/c1-21(2)17-19-35-27-15-9-5-11-23(27)29(33)31-25-13-7-8-14-26(25)32-30(34)24-12-6-10-16-28(24)36-20-18-22(3)4/h5-16,21-22H,17-20H2,1-4H3,(H,31,33)(H,32,34). The van der Waals surface area contributed by atoms with E-state index in [1.807, 2.05) is 12.1 Å². The minimum Gasteiger partial charge on any atom is -0.493 e. The van der Waals surface area contributed by atoms with Crippen molar-refractivity contribution >= 4 is 23.2 Å². The van der Waals surface area contributed by atoms with Crippen LogP contribution in [0, 0.1) is 11.8 Å². The molecule has 0 spiro atoms. The van der Waals surface area contributed by atoms with Gasteiger partial charge in [0.1, 0.15) is 11.5 Å². The Morgan fingerprint density at radius 2 is 0.972 bits per heavy atom. The molecular formula is C30H36N2O4. The fourth-order valence-corrected chi connectivity index (χ4v) is 3.45. The first-order valence-electron chi connectivity index (χ1n) is 12.5. The molecule has 2 N–H and O–H groups in total. The van der Waals surface area contributed by atoms with Crippen molar-refractivity contribution in [2.45, 2.75) is 40.5 Å². The molecule has 0 atom stereocenters. The maximum absolute atomic E-state index is 13.1. The van der Waals surface area contributed by atoms with E-state index in [0.29, 0.717) is 59.1 Å². The largest absolute Gasteiger partial charge is 0.493 e. The van der Waals surface area contributed by atoms with Crippen LogP contribution in [0.2, 0.25) is 0 Å². The van der Waals surface area contributed by atoms with Gasteiger partial charge in [-0.2, -0.15) is 0 Å². The van der Waals surface area contributed by atoms with E-state index in [4.69, 9.17) is 9.47 Å². The fourth-order valence-electron chi connectivity index (χ4n) is 3.45. The van der Waals surface area contributed by atoms with Gasteiger partial charge in [-0.25, -0.2) is 0 Å². The lowest BCUT2D eigenvalue weighted by Gasteiger charge is -2.16. The van der Waals surface area contributed by atoms with Gasteiger partial charge in [-0.3, -0.25) is 9.59 Å². The molecule has 3 aromatic carbocycles. The average molecular weight is 489 g/mol. The van der Waals surface area contributed by atoms with Gasteiger partial charge in [-0.05, 0) is 61.1 Å². The number of benzene rings is 3. The van der Waals surface area contributed by atoms with Crippen LogP contribution in [-0.4, -0.2) is 25.0 Å². The number of nitrogens with one attached hydrogen (secondary N) is 2. The second-order valence-corrected chi connectivity index (χ2v) is 9.51. The van der Waals surface area contributed by atoms with Crippen LogP contribution in [-0.2, 0) is 0 Å². The molecule has 36 heavy (non-hydrogen) atoms. The molecule has 0 radical (unpaired) electrons. The predicted octanol–water partition coefficient (Wildman–Crippen LogP) is 7.04. The highest BCUT2D eigenvalue weighted by Crippen LogP contribution is 2.27. The number of hydrogen-bond acceptors (Lipinski definition) is 4. The number of amides is 2. The van der Waals surface area contributed by atoms with Crippen molar-refractivity contribution < 1.29 is 19.1 Å². The summed E-state index contributed by atoms with van der Waals surface area (Å²) in [7, 11) is 0. The number of hydrogen-bond donors (Lipinski definition) is 2. The van der Waals surface area contributed by atoms with Crippen LogP contribution in [0.5, 0.6) is 11.5 Å².